The van der Waals surface area contributed by atoms with Gasteiger partial charge < -0.3 is 9.97 Å². The molecule has 0 atom stereocenters. The first-order chi connectivity index (χ1) is 13.0. The van der Waals surface area contributed by atoms with Crippen LogP contribution in [0.15, 0.2) is 58.1 Å². The molecule has 27 heavy (non-hydrogen) atoms. The average molecular weight is 415 g/mol. The monoisotopic (exact) mass is 414 g/mol. The van der Waals surface area contributed by atoms with E-state index in [-0.39, 0.29) is 11.1 Å². The van der Waals surface area contributed by atoms with Crippen molar-refractivity contribution in [1.29, 1.82) is 0 Å². The molecule has 0 fully saturated rings. The summed E-state index contributed by atoms with van der Waals surface area (Å²) >= 11 is 13.7. The van der Waals surface area contributed by atoms with E-state index in [1.807, 2.05) is 18.2 Å². The second-order valence-electron chi connectivity index (χ2n) is 5.88. The third kappa shape index (κ3) is 3.76. The number of halogens is 2. The summed E-state index contributed by atoms with van der Waals surface area (Å²) in [5.41, 5.74) is 1.95. The van der Waals surface area contributed by atoms with Gasteiger partial charge in [0, 0.05) is 27.2 Å². The minimum absolute atomic E-state index is 0.146. The molecule has 0 aliphatic heterocycles. The Morgan fingerprint density at radius 1 is 0.889 bits per heavy atom. The number of hydrogen-bond acceptors (Lipinski definition) is 3. The predicted molar refractivity (Wildman–Crippen MR) is 112 cm³/mol. The van der Waals surface area contributed by atoms with Gasteiger partial charge in [0.25, 0.3) is 5.56 Å². The Morgan fingerprint density at radius 3 is 2.44 bits per heavy atom. The highest BCUT2D eigenvalue weighted by atomic mass is 35.5. The van der Waals surface area contributed by atoms with Crippen LogP contribution in [0.4, 0.5) is 0 Å². The van der Waals surface area contributed by atoms with E-state index in [1.54, 1.807) is 36.4 Å². The molecule has 0 aliphatic rings. The molecule has 0 unspecified atom stereocenters. The van der Waals surface area contributed by atoms with Gasteiger partial charge in [0.2, 0.25) is 5.56 Å². The summed E-state index contributed by atoms with van der Waals surface area (Å²) in [6, 6.07) is 14.1. The molecule has 0 spiro atoms. The summed E-state index contributed by atoms with van der Waals surface area (Å²) in [5, 5.41) is 1.93. The van der Waals surface area contributed by atoms with Gasteiger partial charge in [0.05, 0.1) is 9.20 Å². The van der Waals surface area contributed by atoms with Gasteiger partial charge in [-0.3, -0.25) is 9.59 Å². The largest absolute Gasteiger partial charge is 0.322 e. The maximum atomic E-state index is 12.3. The molecule has 0 radical (unpaired) electrons. The number of pyridine rings is 1. The quantitative estimate of drug-likeness (QED) is 0.528. The molecule has 134 valence electrons. The Morgan fingerprint density at radius 2 is 1.67 bits per heavy atom. The van der Waals surface area contributed by atoms with Crippen LogP contribution >= 0.6 is 34.5 Å². The summed E-state index contributed by atoms with van der Waals surface area (Å²) < 4.78 is 1.22. The molecule has 2 N–H and O–H groups in total. The first kappa shape index (κ1) is 17.8. The minimum atomic E-state index is -0.184. The zero-order valence-corrected chi connectivity index (χ0v) is 16.1. The molecule has 0 bridgehead atoms. The van der Waals surface area contributed by atoms with Crippen molar-refractivity contribution < 1.29 is 0 Å². The standard InChI is InChI=1S/C20H12Cl2N2O2S/c21-14-2-1-3-15(22)13(14)10-19-24-20(26)17(27-19)9-11-4-6-16-12(8-11)5-7-18(25)23-16/h1-10H,(H,23,25)(H,24,26)/b17-9-,19-10?. The van der Waals surface area contributed by atoms with Crippen LogP contribution in [0, 0.1) is 0 Å². The second kappa shape index (κ2) is 7.19. The fraction of sp³-hybridized carbons (Fsp3) is 0. The van der Waals surface area contributed by atoms with Crippen LogP contribution in [0.25, 0.3) is 23.1 Å². The van der Waals surface area contributed by atoms with Crippen molar-refractivity contribution in [2.75, 3.05) is 0 Å². The molecule has 4 rings (SSSR count). The van der Waals surface area contributed by atoms with Gasteiger partial charge in [-0.1, -0.05) is 35.3 Å². The molecule has 0 aliphatic carbocycles. The van der Waals surface area contributed by atoms with Crippen LogP contribution in [0.3, 0.4) is 0 Å². The van der Waals surface area contributed by atoms with Crippen LogP contribution < -0.4 is 20.3 Å². The molecule has 4 nitrogen and oxygen atoms in total. The molecule has 4 aromatic rings. The van der Waals surface area contributed by atoms with E-state index < -0.39 is 0 Å². The fourth-order valence-electron chi connectivity index (χ4n) is 2.72. The highest BCUT2D eigenvalue weighted by molar-refractivity contribution is 7.07. The zero-order chi connectivity index (χ0) is 19.0. The van der Waals surface area contributed by atoms with Crippen molar-refractivity contribution in [1.82, 2.24) is 9.97 Å². The van der Waals surface area contributed by atoms with Crippen molar-refractivity contribution in [2.24, 2.45) is 0 Å². The van der Waals surface area contributed by atoms with Crippen LogP contribution in [-0.2, 0) is 0 Å². The van der Waals surface area contributed by atoms with Gasteiger partial charge in [0.15, 0.2) is 0 Å². The van der Waals surface area contributed by atoms with E-state index in [9.17, 15) is 9.59 Å². The summed E-state index contributed by atoms with van der Waals surface area (Å²) in [6.07, 6.45) is 3.57. The van der Waals surface area contributed by atoms with E-state index in [2.05, 4.69) is 9.97 Å². The molecule has 2 heterocycles. The molecule has 0 amide bonds. The first-order valence-corrected chi connectivity index (χ1v) is 9.56. The number of thiazole rings is 1. The van der Waals surface area contributed by atoms with Crippen LogP contribution in [0.2, 0.25) is 10.0 Å². The van der Waals surface area contributed by atoms with Crippen LogP contribution in [-0.4, -0.2) is 9.97 Å². The third-order valence-corrected chi connectivity index (χ3v) is 5.62. The molecule has 7 heteroatoms. The number of H-pyrrole nitrogens is 2. The maximum Gasteiger partial charge on any atom is 0.266 e. The lowest BCUT2D eigenvalue weighted by Crippen LogP contribution is -2.19. The average Bonchev–Trinajstić information content (AvgIpc) is 2.98. The number of aromatic nitrogens is 2. The number of nitrogens with one attached hydrogen (secondary N) is 2. The zero-order valence-electron chi connectivity index (χ0n) is 13.8. The highest BCUT2D eigenvalue weighted by Crippen LogP contribution is 2.24. The Labute approximate surface area is 167 Å². The van der Waals surface area contributed by atoms with Gasteiger partial charge in [0.1, 0.15) is 0 Å². The Kier molecular flexibility index (Phi) is 4.74. The minimum Gasteiger partial charge on any atom is -0.322 e. The van der Waals surface area contributed by atoms with Gasteiger partial charge in [-0.05, 0) is 53.4 Å². The maximum absolute atomic E-state index is 12.3. The van der Waals surface area contributed by atoms with Crippen molar-refractivity contribution in [2.45, 2.75) is 0 Å². The van der Waals surface area contributed by atoms with Crippen molar-refractivity contribution in [3.63, 3.8) is 0 Å². The topological polar surface area (TPSA) is 65.7 Å². The molecule has 2 aromatic carbocycles. The SMILES string of the molecule is O=c1ccc2cc(/C=c3\sc(=Cc4c(Cl)cccc4Cl)[nH]c3=O)ccc2[nH]1. The van der Waals surface area contributed by atoms with Gasteiger partial charge in [-0.15, -0.1) is 11.3 Å². The van der Waals surface area contributed by atoms with Crippen LogP contribution in [0.5, 0.6) is 0 Å². The van der Waals surface area contributed by atoms with Crippen LogP contribution in [0.1, 0.15) is 11.1 Å². The molecule has 0 saturated heterocycles. The van der Waals surface area contributed by atoms with Crippen molar-refractivity contribution >= 4 is 57.6 Å². The smallest absolute Gasteiger partial charge is 0.266 e. The van der Waals surface area contributed by atoms with Gasteiger partial charge in [-0.2, -0.15) is 0 Å². The van der Waals surface area contributed by atoms with E-state index >= 15 is 0 Å². The Balaban J connectivity index is 1.82. The lowest BCUT2D eigenvalue weighted by molar-refractivity contribution is 1.25. The summed E-state index contributed by atoms with van der Waals surface area (Å²) in [5.74, 6) is 0. The Bertz CT molecular complexity index is 1380. The fourth-order valence-corrected chi connectivity index (χ4v) is 4.12. The van der Waals surface area contributed by atoms with Crippen molar-refractivity contribution in [3.8, 4) is 0 Å². The van der Waals surface area contributed by atoms with E-state index in [1.165, 1.54) is 17.4 Å². The molecular weight excluding hydrogens is 403 g/mol. The predicted octanol–water partition coefficient (Wildman–Crippen LogP) is 3.24. The lowest BCUT2D eigenvalue weighted by atomic mass is 10.1. The summed E-state index contributed by atoms with van der Waals surface area (Å²) in [7, 11) is 0. The second-order valence-corrected chi connectivity index (χ2v) is 7.78. The highest BCUT2D eigenvalue weighted by Gasteiger charge is 2.03. The third-order valence-electron chi connectivity index (χ3n) is 4.00. The van der Waals surface area contributed by atoms with Gasteiger partial charge >= 0.3 is 0 Å². The molecule has 0 saturated carbocycles. The summed E-state index contributed by atoms with van der Waals surface area (Å²) in [4.78, 5) is 29.3. The van der Waals surface area contributed by atoms with Crippen molar-refractivity contribution in [3.05, 3.63) is 99.6 Å². The Hall–Kier alpha value is -2.60. The van der Waals surface area contributed by atoms with Gasteiger partial charge in [-0.25, -0.2) is 0 Å². The lowest BCUT2D eigenvalue weighted by Gasteiger charge is -1.99. The number of fused-ring (bicyclic) bond motifs is 1. The number of benzene rings is 2. The summed E-state index contributed by atoms with van der Waals surface area (Å²) in [6.45, 7) is 0. The number of rotatable bonds is 2. The first-order valence-electron chi connectivity index (χ1n) is 7.99. The number of aromatic amines is 2. The van der Waals surface area contributed by atoms with E-state index in [4.69, 9.17) is 23.2 Å². The molecule has 2 aromatic heterocycles. The molecular formula is C20H12Cl2N2O2S. The van der Waals surface area contributed by atoms with E-state index in [0.29, 0.717) is 24.8 Å². The van der Waals surface area contributed by atoms with E-state index in [0.717, 1.165) is 16.5 Å². The number of hydrogen-bond donors (Lipinski definition) is 2. The normalized spacial score (nSPS) is 12.8.